The van der Waals surface area contributed by atoms with E-state index in [0.717, 1.165) is 38.8 Å². The van der Waals surface area contributed by atoms with Gasteiger partial charge in [0.05, 0.1) is 18.0 Å². The van der Waals surface area contributed by atoms with Gasteiger partial charge in [0.25, 0.3) is 5.56 Å². The van der Waals surface area contributed by atoms with E-state index in [2.05, 4.69) is 29.4 Å². The molecule has 8 heteroatoms. The maximum atomic E-state index is 12.9. The molecule has 0 saturated carbocycles. The first-order chi connectivity index (χ1) is 15.5. The van der Waals surface area contributed by atoms with Crippen molar-refractivity contribution >= 4 is 32.9 Å². The summed E-state index contributed by atoms with van der Waals surface area (Å²) in [5.74, 6) is 2.43. The number of nitrogens with one attached hydrogen (secondary N) is 2. The third-order valence-electron chi connectivity index (χ3n) is 5.64. The number of rotatable bonds is 7. The van der Waals surface area contributed by atoms with E-state index in [4.69, 9.17) is 14.5 Å². The lowest BCUT2D eigenvalue weighted by Gasteiger charge is -2.16. The molecule has 2 N–H and O–H groups in total. The monoisotopic (exact) mass is 467 g/mol. The minimum Gasteiger partial charge on any atom is -0.494 e. The maximum absolute atomic E-state index is 12.9. The number of hydrogen-bond acceptors (Lipinski definition) is 7. The molecule has 32 heavy (non-hydrogen) atoms. The number of benzene rings is 1. The topological polar surface area (TPSA) is 76.2 Å². The Labute approximate surface area is 194 Å². The third kappa shape index (κ3) is 3.94. The fourth-order valence-electron chi connectivity index (χ4n) is 4.05. The van der Waals surface area contributed by atoms with E-state index < -0.39 is 0 Å². The molecule has 3 aromatic heterocycles. The molecule has 0 spiro atoms. The molecule has 1 aliphatic rings. The highest BCUT2D eigenvalue weighted by atomic mass is 32.1. The quantitative estimate of drug-likeness (QED) is 0.386. The average Bonchev–Trinajstić information content (AvgIpc) is 3.50. The molecule has 0 saturated heterocycles. The Morgan fingerprint density at radius 1 is 1.38 bits per heavy atom. The van der Waals surface area contributed by atoms with Crippen LogP contribution in [0.4, 0.5) is 0 Å². The summed E-state index contributed by atoms with van der Waals surface area (Å²) in [5, 5.41) is 8.18. The smallest absolute Gasteiger partial charge is 0.260 e. The highest BCUT2D eigenvalue weighted by molar-refractivity contribution is 7.18. The van der Waals surface area contributed by atoms with Crippen LogP contribution in [-0.4, -0.2) is 22.7 Å². The number of hydrogen-bond donors (Lipinski definition) is 2. The maximum Gasteiger partial charge on any atom is 0.260 e. The van der Waals surface area contributed by atoms with Gasteiger partial charge in [-0.3, -0.25) is 4.79 Å². The fraction of sp³-hybridized carbons (Fsp3) is 0.333. The first kappa shape index (κ1) is 21.2. The summed E-state index contributed by atoms with van der Waals surface area (Å²) in [5.41, 5.74) is 3.08. The largest absolute Gasteiger partial charge is 0.494 e. The molecule has 4 heterocycles. The van der Waals surface area contributed by atoms with Crippen LogP contribution >= 0.6 is 22.7 Å². The van der Waals surface area contributed by atoms with Crippen molar-refractivity contribution in [1.82, 2.24) is 15.3 Å². The van der Waals surface area contributed by atoms with E-state index in [9.17, 15) is 4.79 Å². The van der Waals surface area contributed by atoms with E-state index in [1.54, 1.807) is 11.3 Å². The molecule has 6 nitrogen and oxygen atoms in total. The summed E-state index contributed by atoms with van der Waals surface area (Å²) in [7, 11) is 0. The molecule has 0 unspecified atom stereocenters. The standard InChI is InChI=1S/C24H25N3O3S2/c1-4-29-18-9-15-8-13(2)30-19(15)10-16(18)11-25-14(3)22-26-23(28)21-17(12-32-24(21)27-22)20-6-5-7-31-20/h5-7,9-10,12-14,25H,4,8,11H2,1-3H3,(H,26,27,28)/t13-,14-/m1/s1. The van der Waals surface area contributed by atoms with Gasteiger partial charge in [-0.1, -0.05) is 6.07 Å². The lowest BCUT2D eigenvalue weighted by molar-refractivity contribution is 0.254. The first-order valence-corrected chi connectivity index (χ1v) is 12.5. The van der Waals surface area contributed by atoms with Gasteiger partial charge in [-0.15, -0.1) is 22.7 Å². The summed E-state index contributed by atoms with van der Waals surface area (Å²) in [6, 6.07) is 8.04. The second kappa shape index (κ2) is 8.69. The van der Waals surface area contributed by atoms with E-state index >= 15 is 0 Å². The molecular weight excluding hydrogens is 442 g/mol. The first-order valence-electron chi connectivity index (χ1n) is 10.8. The zero-order valence-corrected chi connectivity index (χ0v) is 19.9. The van der Waals surface area contributed by atoms with Crippen LogP contribution in [-0.2, 0) is 13.0 Å². The van der Waals surface area contributed by atoms with Gasteiger partial charge in [0.1, 0.15) is 28.3 Å². The second-order valence-electron chi connectivity index (χ2n) is 7.99. The van der Waals surface area contributed by atoms with Crippen molar-refractivity contribution in [2.24, 2.45) is 0 Å². The van der Waals surface area contributed by atoms with Crippen molar-refractivity contribution in [2.45, 2.75) is 45.9 Å². The van der Waals surface area contributed by atoms with Crippen molar-refractivity contribution in [1.29, 1.82) is 0 Å². The van der Waals surface area contributed by atoms with E-state index in [1.807, 2.05) is 36.7 Å². The van der Waals surface area contributed by atoms with Gasteiger partial charge in [0, 0.05) is 39.9 Å². The third-order valence-corrected chi connectivity index (χ3v) is 7.41. The van der Waals surface area contributed by atoms with Crippen LogP contribution in [0, 0.1) is 0 Å². The van der Waals surface area contributed by atoms with Gasteiger partial charge >= 0.3 is 0 Å². The summed E-state index contributed by atoms with van der Waals surface area (Å²) >= 11 is 3.13. The van der Waals surface area contributed by atoms with Crippen LogP contribution in [0.2, 0.25) is 0 Å². The van der Waals surface area contributed by atoms with Gasteiger partial charge in [0.15, 0.2) is 0 Å². The lowest BCUT2D eigenvalue weighted by Crippen LogP contribution is -2.23. The molecule has 0 bridgehead atoms. The average molecular weight is 468 g/mol. The molecule has 0 fully saturated rings. The molecule has 5 rings (SSSR count). The zero-order chi connectivity index (χ0) is 22.2. The molecule has 0 amide bonds. The number of ether oxygens (including phenoxy) is 2. The van der Waals surface area contributed by atoms with Crippen LogP contribution in [0.3, 0.4) is 0 Å². The van der Waals surface area contributed by atoms with Gasteiger partial charge in [-0.25, -0.2) is 4.98 Å². The van der Waals surface area contributed by atoms with Crippen LogP contribution in [0.15, 0.2) is 39.8 Å². The highest BCUT2D eigenvalue weighted by Crippen LogP contribution is 2.36. The molecule has 1 aromatic carbocycles. The van der Waals surface area contributed by atoms with Crippen molar-refractivity contribution in [2.75, 3.05) is 6.61 Å². The number of aromatic amines is 1. The molecular formula is C24H25N3O3S2. The number of aromatic nitrogens is 2. The number of H-pyrrole nitrogens is 1. The van der Waals surface area contributed by atoms with Gasteiger partial charge < -0.3 is 19.8 Å². The molecule has 0 aliphatic carbocycles. The van der Waals surface area contributed by atoms with E-state index in [0.29, 0.717) is 24.4 Å². The van der Waals surface area contributed by atoms with Gasteiger partial charge in [0.2, 0.25) is 0 Å². The van der Waals surface area contributed by atoms with Gasteiger partial charge in [-0.05, 0) is 44.4 Å². The van der Waals surface area contributed by atoms with Crippen molar-refractivity contribution in [3.05, 3.63) is 62.3 Å². The molecule has 0 radical (unpaired) electrons. The predicted octanol–water partition coefficient (Wildman–Crippen LogP) is 5.29. The fourth-order valence-corrected chi connectivity index (χ4v) is 5.82. The summed E-state index contributed by atoms with van der Waals surface area (Å²) < 4.78 is 11.8. The van der Waals surface area contributed by atoms with Crippen LogP contribution in [0.25, 0.3) is 20.7 Å². The second-order valence-corrected chi connectivity index (χ2v) is 9.80. The van der Waals surface area contributed by atoms with Crippen LogP contribution in [0.1, 0.15) is 43.8 Å². The summed E-state index contributed by atoms with van der Waals surface area (Å²) in [4.78, 5) is 22.5. The van der Waals surface area contributed by atoms with Crippen LogP contribution < -0.4 is 20.3 Å². The number of fused-ring (bicyclic) bond motifs is 2. The summed E-state index contributed by atoms with van der Waals surface area (Å²) in [6.45, 7) is 7.25. The Morgan fingerprint density at radius 3 is 3.03 bits per heavy atom. The summed E-state index contributed by atoms with van der Waals surface area (Å²) in [6.07, 6.45) is 1.09. The normalized spacial score (nSPS) is 16.2. The van der Waals surface area contributed by atoms with Crippen molar-refractivity contribution in [3.8, 4) is 21.9 Å². The molecule has 166 valence electrons. The van der Waals surface area contributed by atoms with Crippen molar-refractivity contribution in [3.63, 3.8) is 0 Å². The minimum absolute atomic E-state index is 0.0989. The molecule has 2 atom stereocenters. The Morgan fingerprint density at radius 2 is 2.25 bits per heavy atom. The predicted molar refractivity (Wildman–Crippen MR) is 130 cm³/mol. The Bertz CT molecular complexity index is 1310. The molecule has 1 aliphatic heterocycles. The Kier molecular flexibility index (Phi) is 5.75. The van der Waals surface area contributed by atoms with Crippen molar-refractivity contribution < 1.29 is 9.47 Å². The SMILES string of the molecule is CCOc1cc2c(cc1CN[C@H](C)c1nc3scc(-c4cccs4)c3c(=O)[nH]1)O[C@H](C)C2. The highest BCUT2D eigenvalue weighted by Gasteiger charge is 2.22. The minimum atomic E-state index is -0.137. The van der Waals surface area contributed by atoms with E-state index in [1.165, 1.54) is 16.9 Å². The number of nitrogens with zero attached hydrogens (tertiary/aromatic N) is 1. The van der Waals surface area contributed by atoms with Crippen LogP contribution in [0.5, 0.6) is 11.5 Å². The lowest BCUT2D eigenvalue weighted by atomic mass is 10.1. The number of thiophene rings is 2. The molecule has 4 aromatic rings. The zero-order valence-electron chi connectivity index (χ0n) is 18.2. The Hall–Kier alpha value is -2.68. The van der Waals surface area contributed by atoms with E-state index in [-0.39, 0.29) is 17.7 Å². The van der Waals surface area contributed by atoms with Gasteiger partial charge in [-0.2, -0.15) is 0 Å². The Balaban J connectivity index is 1.38.